The molecule has 3 heterocycles. The van der Waals surface area contributed by atoms with E-state index in [1.807, 2.05) is 26.0 Å². The van der Waals surface area contributed by atoms with Gasteiger partial charge in [-0.05, 0) is 114 Å². The lowest BCUT2D eigenvalue weighted by Gasteiger charge is -2.44. The van der Waals surface area contributed by atoms with Gasteiger partial charge < -0.3 is 35.0 Å². The highest BCUT2D eigenvalue weighted by atomic mass is 16.3. The summed E-state index contributed by atoms with van der Waals surface area (Å²) in [6.07, 6.45) is 8.59. The summed E-state index contributed by atoms with van der Waals surface area (Å²) in [5.74, 6) is 0.934. The zero-order valence-corrected chi connectivity index (χ0v) is 27.5. The second-order valence-corrected chi connectivity index (χ2v) is 13.1. The van der Waals surface area contributed by atoms with Crippen molar-refractivity contribution in [1.82, 2.24) is 25.0 Å². The number of H-pyrrole nitrogens is 1. The van der Waals surface area contributed by atoms with Crippen molar-refractivity contribution in [3.8, 4) is 0 Å². The van der Waals surface area contributed by atoms with Gasteiger partial charge in [-0.1, -0.05) is 6.08 Å². The predicted octanol–water partition coefficient (Wildman–Crippen LogP) is 3.78. The number of aryl methyl sites for hydroxylation is 2. The molecule has 1 saturated heterocycles. The van der Waals surface area contributed by atoms with Gasteiger partial charge in [0.15, 0.2) is 0 Å². The molecule has 1 amide bonds. The van der Waals surface area contributed by atoms with Gasteiger partial charge in [0.25, 0.3) is 11.5 Å². The van der Waals surface area contributed by atoms with Gasteiger partial charge in [0.2, 0.25) is 0 Å². The van der Waals surface area contributed by atoms with Crippen LogP contribution < -0.4 is 15.8 Å². The highest BCUT2D eigenvalue weighted by Gasteiger charge is 2.31. The fourth-order valence-electron chi connectivity index (χ4n) is 7.16. The highest BCUT2D eigenvalue weighted by Crippen LogP contribution is 2.36. The topological polar surface area (TPSA) is 95.1 Å². The van der Waals surface area contributed by atoms with Crippen LogP contribution in [-0.4, -0.2) is 96.2 Å². The van der Waals surface area contributed by atoms with Gasteiger partial charge in [-0.15, -0.1) is 0 Å². The average Bonchev–Trinajstić information content (AvgIpc) is 2.96. The number of allylic oxidation sites excluding steroid dienone is 2. The van der Waals surface area contributed by atoms with Crippen molar-refractivity contribution in [2.24, 2.45) is 0 Å². The van der Waals surface area contributed by atoms with Crippen molar-refractivity contribution in [2.75, 3.05) is 52.2 Å². The van der Waals surface area contributed by atoms with E-state index in [9.17, 15) is 14.7 Å². The first-order valence-corrected chi connectivity index (χ1v) is 16.1. The number of rotatable bonds is 9. The van der Waals surface area contributed by atoms with Gasteiger partial charge >= 0.3 is 0 Å². The molecule has 0 atom stereocenters. The number of carbonyl (C=O) groups is 1. The minimum absolute atomic E-state index is 0.160. The molecular weight excluding hydrogens is 552 g/mol. The summed E-state index contributed by atoms with van der Waals surface area (Å²) in [4.78, 5) is 38.7. The molecule has 1 aromatic heterocycles. The Morgan fingerprint density at radius 2 is 1.73 bits per heavy atom. The summed E-state index contributed by atoms with van der Waals surface area (Å²) < 4.78 is 0. The Hall–Kier alpha value is -3.56. The average molecular weight is 603 g/mol. The molecule has 2 fully saturated rings. The molecule has 3 aliphatic rings. The molecule has 1 aliphatic carbocycles. The van der Waals surface area contributed by atoms with Crippen LogP contribution in [0, 0.1) is 20.8 Å². The molecule has 2 aliphatic heterocycles. The molecule has 1 aromatic carbocycles. The third kappa shape index (κ3) is 6.59. The first-order valence-electron chi connectivity index (χ1n) is 16.1. The quantitative estimate of drug-likeness (QED) is 0.402. The standard InChI is InChI=1S/C35H50N6O3/c1-8-41(28-12-10-27(11-13-28)38(5)6)32-17-26(25-9-14-33(39(7)19-25)40-20-29(42)21-40)16-30(24(32)4)34(43)36-18-31-22(2)15-23(3)37-35(31)44/h9,14-17,27-29,42H,8,10-13,18-21H2,1-7H3,(H,36,43)(H,37,44). The van der Waals surface area contributed by atoms with Crippen LogP contribution in [0.3, 0.4) is 0 Å². The number of likely N-dealkylation sites (tertiary alicyclic amines) is 1. The Kier molecular flexibility index (Phi) is 9.56. The fourth-order valence-corrected chi connectivity index (χ4v) is 7.16. The van der Waals surface area contributed by atoms with Crippen molar-refractivity contribution in [3.63, 3.8) is 0 Å². The van der Waals surface area contributed by atoms with E-state index in [0.29, 0.717) is 42.8 Å². The molecule has 0 unspecified atom stereocenters. The molecule has 238 valence electrons. The molecule has 9 nitrogen and oxygen atoms in total. The van der Waals surface area contributed by atoms with Crippen molar-refractivity contribution in [3.05, 3.63) is 80.0 Å². The first-order chi connectivity index (χ1) is 21.0. The minimum atomic E-state index is -0.262. The minimum Gasteiger partial charge on any atom is -0.389 e. The Morgan fingerprint density at radius 3 is 2.32 bits per heavy atom. The van der Waals surface area contributed by atoms with Crippen LogP contribution >= 0.6 is 0 Å². The lowest BCUT2D eigenvalue weighted by atomic mass is 9.88. The number of pyridine rings is 1. The molecule has 2 aromatic rings. The maximum atomic E-state index is 13.9. The maximum Gasteiger partial charge on any atom is 0.253 e. The Balaban J connectivity index is 1.49. The van der Waals surface area contributed by atoms with Gasteiger partial charge in [-0.3, -0.25) is 9.59 Å². The van der Waals surface area contributed by atoms with E-state index in [1.54, 1.807) is 0 Å². The van der Waals surface area contributed by atoms with Gasteiger partial charge in [0.1, 0.15) is 5.82 Å². The lowest BCUT2D eigenvalue weighted by Crippen LogP contribution is -2.53. The Labute approximate surface area is 262 Å². The number of aliphatic hydroxyl groups is 1. The van der Waals surface area contributed by atoms with E-state index in [0.717, 1.165) is 58.9 Å². The van der Waals surface area contributed by atoms with E-state index in [2.05, 4.69) is 83.1 Å². The second kappa shape index (κ2) is 13.2. The van der Waals surface area contributed by atoms with Crippen LogP contribution in [-0.2, 0) is 6.54 Å². The van der Waals surface area contributed by atoms with Gasteiger partial charge in [0, 0.05) is 74.4 Å². The molecule has 0 spiro atoms. The number of nitrogens with one attached hydrogen (secondary N) is 2. The summed E-state index contributed by atoms with van der Waals surface area (Å²) in [5, 5.41) is 12.9. The SMILES string of the molecule is CCN(c1cc(C2=CC=C(N3CC(O)C3)N(C)C2)cc(C(=O)NCc2c(C)cc(C)[nH]c2=O)c1C)C1CCC(N(C)C)CC1. The number of likely N-dealkylation sites (N-methyl/N-ethyl adjacent to an activating group) is 1. The molecule has 0 bridgehead atoms. The fraction of sp³-hybridized carbons (Fsp3) is 0.543. The second-order valence-electron chi connectivity index (χ2n) is 13.1. The zero-order valence-electron chi connectivity index (χ0n) is 27.5. The molecule has 1 saturated carbocycles. The van der Waals surface area contributed by atoms with Crippen molar-refractivity contribution in [1.29, 1.82) is 0 Å². The first kappa shape index (κ1) is 31.9. The summed E-state index contributed by atoms with van der Waals surface area (Å²) in [7, 11) is 6.42. The highest BCUT2D eigenvalue weighted by molar-refractivity contribution is 5.98. The normalized spacial score (nSPS) is 20.8. The Bertz CT molecular complexity index is 1490. The van der Waals surface area contributed by atoms with Crippen LogP contribution in [0.4, 0.5) is 5.69 Å². The number of aromatic amines is 1. The Morgan fingerprint density at radius 1 is 1.05 bits per heavy atom. The van der Waals surface area contributed by atoms with Crippen LogP contribution in [0.15, 0.2) is 41.0 Å². The number of benzene rings is 1. The summed E-state index contributed by atoms with van der Waals surface area (Å²) >= 11 is 0. The molecule has 44 heavy (non-hydrogen) atoms. The van der Waals surface area contributed by atoms with E-state index in [1.165, 1.54) is 12.8 Å². The number of nitrogens with zero attached hydrogens (tertiary/aromatic N) is 4. The smallest absolute Gasteiger partial charge is 0.253 e. The summed E-state index contributed by atoms with van der Waals surface area (Å²) in [5.41, 5.74) is 6.99. The van der Waals surface area contributed by atoms with E-state index < -0.39 is 0 Å². The number of carbonyl (C=O) groups excluding carboxylic acids is 1. The van der Waals surface area contributed by atoms with Gasteiger partial charge in [-0.25, -0.2) is 0 Å². The van der Waals surface area contributed by atoms with Gasteiger partial charge in [0.05, 0.1) is 6.10 Å². The van der Waals surface area contributed by atoms with E-state index in [-0.39, 0.29) is 24.1 Å². The molecule has 3 N–H and O–H groups in total. The summed E-state index contributed by atoms with van der Waals surface area (Å²) in [6, 6.07) is 7.26. The van der Waals surface area contributed by atoms with Crippen LogP contribution in [0.2, 0.25) is 0 Å². The molecule has 5 rings (SSSR count). The van der Waals surface area contributed by atoms with Crippen LogP contribution in [0.25, 0.3) is 5.57 Å². The molecular formula is C35H50N6O3. The van der Waals surface area contributed by atoms with Crippen LogP contribution in [0.5, 0.6) is 0 Å². The predicted molar refractivity (Wildman–Crippen MR) is 178 cm³/mol. The molecule has 0 radical (unpaired) electrons. The molecule has 9 heteroatoms. The number of aliphatic hydroxyl groups excluding tert-OH is 1. The maximum absolute atomic E-state index is 13.9. The number of hydrogen-bond acceptors (Lipinski definition) is 7. The van der Waals surface area contributed by atoms with Crippen LogP contribution in [0.1, 0.15) is 70.9 Å². The number of β-amino-alcohol motifs (C(OH)–C–C–N with tert-alkyl or cyclic N) is 1. The number of aromatic nitrogens is 1. The third-order valence-electron chi connectivity index (χ3n) is 9.82. The monoisotopic (exact) mass is 602 g/mol. The van der Waals surface area contributed by atoms with E-state index in [4.69, 9.17) is 0 Å². The van der Waals surface area contributed by atoms with E-state index >= 15 is 0 Å². The lowest BCUT2D eigenvalue weighted by molar-refractivity contribution is 0.00810. The van der Waals surface area contributed by atoms with Crippen molar-refractivity contribution < 1.29 is 9.90 Å². The van der Waals surface area contributed by atoms with Crippen molar-refractivity contribution >= 4 is 17.2 Å². The number of anilines is 1. The number of hydrogen-bond donors (Lipinski definition) is 3. The zero-order chi connectivity index (χ0) is 31.7. The summed E-state index contributed by atoms with van der Waals surface area (Å²) in [6.45, 7) is 11.1. The van der Waals surface area contributed by atoms with Gasteiger partial charge in [-0.2, -0.15) is 0 Å². The van der Waals surface area contributed by atoms with Crippen molar-refractivity contribution in [2.45, 2.75) is 78.1 Å². The number of amides is 1. The third-order valence-corrected chi connectivity index (χ3v) is 9.82. The largest absolute Gasteiger partial charge is 0.389 e.